The van der Waals surface area contributed by atoms with Crippen molar-refractivity contribution in [3.8, 4) is 11.5 Å². The van der Waals surface area contributed by atoms with Gasteiger partial charge in [-0.1, -0.05) is 6.07 Å². The highest BCUT2D eigenvalue weighted by Crippen LogP contribution is 2.40. The first-order valence-electron chi connectivity index (χ1n) is 9.10. The average molecular weight is 403 g/mol. The minimum Gasteiger partial charge on any atom is -0.486 e. The van der Waals surface area contributed by atoms with Crippen LogP contribution in [-0.4, -0.2) is 45.6 Å². The maximum atomic E-state index is 13.2. The Morgan fingerprint density at radius 3 is 2.50 bits per heavy atom. The van der Waals surface area contributed by atoms with Crippen molar-refractivity contribution in [1.29, 1.82) is 0 Å². The molecule has 2 aromatic rings. The van der Waals surface area contributed by atoms with Crippen molar-refractivity contribution >= 4 is 16.0 Å². The fourth-order valence-electron chi connectivity index (χ4n) is 3.64. The molecule has 1 saturated heterocycles. The van der Waals surface area contributed by atoms with Gasteiger partial charge >= 0.3 is 5.97 Å². The molecule has 2 aliphatic rings. The molecule has 4 rings (SSSR count). The SMILES string of the molecule is COC(=O)c1ccc(S(=O)(=O)N2CCC[C@@H]2c2ccc3c(c2)OCCO3)cc1. The van der Waals surface area contributed by atoms with Crippen LogP contribution < -0.4 is 9.47 Å². The standard InChI is InChI=1S/C20H21NO6S/c1-25-20(22)14-4-7-16(8-5-14)28(23,24)21-10-2-3-17(21)15-6-9-18-19(13-15)27-12-11-26-18/h4-9,13,17H,2-3,10-12H2,1H3/t17-/m1/s1. The maximum absolute atomic E-state index is 13.2. The largest absolute Gasteiger partial charge is 0.486 e. The molecule has 148 valence electrons. The minimum atomic E-state index is -3.70. The van der Waals surface area contributed by atoms with E-state index in [1.54, 1.807) is 0 Å². The molecule has 2 heterocycles. The summed E-state index contributed by atoms with van der Waals surface area (Å²) >= 11 is 0. The van der Waals surface area contributed by atoms with Gasteiger partial charge in [-0.05, 0) is 54.8 Å². The molecule has 0 bridgehead atoms. The first kappa shape index (κ1) is 18.8. The van der Waals surface area contributed by atoms with E-state index in [-0.39, 0.29) is 10.9 Å². The summed E-state index contributed by atoms with van der Waals surface area (Å²) in [4.78, 5) is 11.7. The Labute approximate surface area is 163 Å². The summed E-state index contributed by atoms with van der Waals surface area (Å²) in [5.41, 5.74) is 1.20. The lowest BCUT2D eigenvalue weighted by molar-refractivity contribution is 0.0600. The molecule has 0 N–H and O–H groups in total. The first-order valence-corrected chi connectivity index (χ1v) is 10.5. The van der Waals surface area contributed by atoms with Gasteiger partial charge in [0.2, 0.25) is 10.0 Å². The quantitative estimate of drug-likeness (QED) is 0.730. The van der Waals surface area contributed by atoms with Gasteiger partial charge < -0.3 is 14.2 Å². The summed E-state index contributed by atoms with van der Waals surface area (Å²) < 4.78 is 43.8. The lowest BCUT2D eigenvalue weighted by Gasteiger charge is -2.26. The zero-order valence-corrected chi connectivity index (χ0v) is 16.3. The number of carbonyl (C=O) groups is 1. The lowest BCUT2D eigenvalue weighted by atomic mass is 10.0. The third-order valence-electron chi connectivity index (χ3n) is 5.04. The van der Waals surface area contributed by atoms with E-state index in [9.17, 15) is 13.2 Å². The molecule has 0 spiro atoms. The number of rotatable bonds is 4. The predicted octanol–water partition coefficient (Wildman–Crippen LogP) is 2.77. The van der Waals surface area contributed by atoms with Crippen LogP contribution in [-0.2, 0) is 14.8 Å². The van der Waals surface area contributed by atoms with Gasteiger partial charge in [0.1, 0.15) is 13.2 Å². The number of ether oxygens (including phenoxy) is 3. The van der Waals surface area contributed by atoms with Crippen LogP contribution in [0.3, 0.4) is 0 Å². The summed E-state index contributed by atoms with van der Waals surface area (Å²) in [6.07, 6.45) is 1.51. The molecule has 7 nitrogen and oxygen atoms in total. The predicted molar refractivity (Wildman–Crippen MR) is 101 cm³/mol. The van der Waals surface area contributed by atoms with Gasteiger partial charge in [0, 0.05) is 6.54 Å². The summed E-state index contributed by atoms with van der Waals surface area (Å²) in [5.74, 6) is 0.829. The van der Waals surface area contributed by atoms with Crippen molar-refractivity contribution in [1.82, 2.24) is 4.31 Å². The average Bonchev–Trinajstić information content (AvgIpc) is 3.24. The Kier molecular flexibility index (Phi) is 4.99. The van der Waals surface area contributed by atoms with Crippen LogP contribution in [0.4, 0.5) is 0 Å². The molecule has 0 amide bonds. The van der Waals surface area contributed by atoms with E-state index in [1.807, 2.05) is 18.2 Å². The highest BCUT2D eigenvalue weighted by Gasteiger charge is 2.36. The Bertz CT molecular complexity index is 986. The summed E-state index contributed by atoms with van der Waals surface area (Å²) in [6.45, 7) is 1.44. The zero-order valence-electron chi connectivity index (χ0n) is 15.5. The van der Waals surface area contributed by atoms with E-state index < -0.39 is 16.0 Å². The molecule has 2 aliphatic heterocycles. The van der Waals surface area contributed by atoms with Crippen molar-refractivity contribution in [3.05, 3.63) is 53.6 Å². The number of methoxy groups -OCH3 is 1. The molecule has 0 unspecified atom stereocenters. The van der Waals surface area contributed by atoms with Crippen LogP contribution >= 0.6 is 0 Å². The van der Waals surface area contributed by atoms with Gasteiger partial charge in [0.05, 0.1) is 23.6 Å². The lowest BCUT2D eigenvalue weighted by Crippen LogP contribution is -2.30. The molecule has 0 aromatic heterocycles. The topological polar surface area (TPSA) is 82.1 Å². The zero-order chi connectivity index (χ0) is 19.7. The summed E-state index contributed by atoms with van der Waals surface area (Å²) in [5, 5.41) is 0. The second-order valence-corrected chi connectivity index (χ2v) is 8.58. The van der Waals surface area contributed by atoms with E-state index in [0.29, 0.717) is 36.8 Å². The Balaban J connectivity index is 1.63. The van der Waals surface area contributed by atoms with Gasteiger partial charge in [-0.3, -0.25) is 0 Å². The molecule has 0 saturated carbocycles. The van der Waals surface area contributed by atoms with E-state index in [0.717, 1.165) is 18.4 Å². The van der Waals surface area contributed by atoms with Crippen molar-refractivity contribution in [2.75, 3.05) is 26.9 Å². The van der Waals surface area contributed by atoms with Crippen molar-refractivity contribution in [2.24, 2.45) is 0 Å². The molecule has 8 heteroatoms. The van der Waals surface area contributed by atoms with Crippen molar-refractivity contribution < 1.29 is 27.4 Å². The second-order valence-electron chi connectivity index (χ2n) is 6.69. The van der Waals surface area contributed by atoms with Crippen molar-refractivity contribution in [2.45, 2.75) is 23.8 Å². The Hall–Kier alpha value is -2.58. The van der Waals surface area contributed by atoms with Crippen LogP contribution in [0.15, 0.2) is 47.4 Å². The number of hydrogen-bond donors (Lipinski definition) is 0. The molecular formula is C20H21NO6S. The van der Waals surface area contributed by atoms with Gasteiger partial charge in [0.15, 0.2) is 11.5 Å². The monoisotopic (exact) mass is 403 g/mol. The van der Waals surface area contributed by atoms with Gasteiger partial charge in [0.25, 0.3) is 0 Å². The number of benzene rings is 2. The van der Waals surface area contributed by atoms with E-state index in [4.69, 9.17) is 9.47 Å². The summed E-state index contributed by atoms with van der Waals surface area (Å²) in [6, 6.07) is 11.2. The van der Waals surface area contributed by atoms with Crippen LogP contribution in [0.2, 0.25) is 0 Å². The third kappa shape index (κ3) is 3.33. The highest BCUT2D eigenvalue weighted by molar-refractivity contribution is 7.89. The van der Waals surface area contributed by atoms with E-state index in [1.165, 1.54) is 35.7 Å². The number of nitrogens with zero attached hydrogens (tertiary/aromatic N) is 1. The molecule has 1 atom stereocenters. The number of sulfonamides is 1. The smallest absolute Gasteiger partial charge is 0.337 e. The molecule has 0 radical (unpaired) electrons. The summed E-state index contributed by atoms with van der Waals surface area (Å²) in [7, 11) is -2.41. The van der Waals surface area contributed by atoms with Crippen LogP contribution in [0.1, 0.15) is 34.8 Å². The first-order chi connectivity index (χ1) is 13.5. The maximum Gasteiger partial charge on any atom is 0.337 e. The van der Waals surface area contributed by atoms with E-state index in [2.05, 4.69) is 4.74 Å². The second kappa shape index (κ2) is 7.44. The fraction of sp³-hybridized carbons (Fsp3) is 0.350. The Morgan fingerprint density at radius 1 is 1.07 bits per heavy atom. The molecular weight excluding hydrogens is 382 g/mol. The molecule has 0 aliphatic carbocycles. The molecule has 1 fully saturated rings. The van der Waals surface area contributed by atoms with E-state index >= 15 is 0 Å². The minimum absolute atomic E-state index is 0.157. The van der Waals surface area contributed by atoms with Crippen LogP contribution in [0.25, 0.3) is 0 Å². The fourth-order valence-corrected chi connectivity index (χ4v) is 5.33. The third-order valence-corrected chi connectivity index (χ3v) is 6.96. The highest BCUT2D eigenvalue weighted by atomic mass is 32.2. The molecule has 2 aromatic carbocycles. The Morgan fingerprint density at radius 2 is 1.79 bits per heavy atom. The van der Waals surface area contributed by atoms with Gasteiger partial charge in [-0.25, -0.2) is 13.2 Å². The number of fused-ring (bicyclic) bond motifs is 1. The van der Waals surface area contributed by atoms with Crippen LogP contribution in [0, 0.1) is 0 Å². The molecule has 28 heavy (non-hydrogen) atoms. The van der Waals surface area contributed by atoms with Gasteiger partial charge in [-0.15, -0.1) is 0 Å². The number of hydrogen-bond acceptors (Lipinski definition) is 6. The number of carbonyl (C=O) groups excluding carboxylic acids is 1. The van der Waals surface area contributed by atoms with Crippen molar-refractivity contribution in [3.63, 3.8) is 0 Å². The van der Waals surface area contributed by atoms with Gasteiger partial charge in [-0.2, -0.15) is 4.31 Å². The number of esters is 1. The normalized spacial score (nSPS) is 19.4. The van der Waals surface area contributed by atoms with Crippen LogP contribution in [0.5, 0.6) is 11.5 Å².